The largest absolute Gasteiger partial charge is 0.338 e. The standard InChI is InChI=1S/C13H12FN3O4/c1-7(2)10-6-12(21-16-10)15-13(18)8-3-4-11(17(19)20)9(14)5-8/h3-7H,1-2H3,(H,15,18). The van der Waals surface area contributed by atoms with E-state index in [0.717, 1.165) is 18.2 Å². The SMILES string of the molecule is CC(C)c1cc(NC(=O)c2ccc([N+](=O)[O-])c(F)c2)on1. The molecular weight excluding hydrogens is 281 g/mol. The van der Waals surface area contributed by atoms with Gasteiger partial charge in [0.2, 0.25) is 11.7 Å². The van der Waals surface area contributed by atoms with Crippen LogP contribution in [0.3, 0.4) is 0 Å². The van der Waals surface area contributed by atoms with Crippen molar-refractivity contribution in [1.82, 2.24) is 5.16 Å². The normalized spacial score (nSPS) is 10.7. The molecule has 110 valence electrons. The Kier molecular flexibility index (Phi) is 3.97. The first-order valence-corrected chi connectivity index (χ1v) is 6.10. The third kappa shape index (κ3) is 3.22. The zero-order valence-corrected chi connectivity index (χ0v) is 11.3. The summed E-state index contributed by atoms with van der Waals surface area (Å²) in [6, 6.07) is 4.46. The molecule has 0 aliphatic carbocycles. The third-order valence-electron chi connectivity index (χ3n) is 2.76. The van der Waals surface area contributed by atoms with E-state index in [0.29, 0.717) is 5.69 Å². The molecule has 1 aromatic carbocycles. The Bertz CT molecular complexity index is 696. The van der Waals surface area contributed by atoms with Gasteiger partial charge >= 0.3 is 5.69 Å². The van der Waals surface area contributed by atoms with Gasteiger partial charge in [0.25, 0.3) is 5.91 Å². The van der Waals surface area contributed by atoms with Crippen molar-refractivity contribution in [3.05, 3.63) is 51.5 Å². The van der Waals surface area contributed by atoms with Crippen molar-refractivity contribution in [2.24, 2.45) is 0 Å². The molecule has 21 heavy (non-hydrogen) atoms. The molecule has 0 bridgehead atoms. The minimum atomic E-state index is -1.08. The molecule has 1 amide bonds. The second-order valence-electron chi connectivity index (χ2n) is 4.65. The number of benzene rings is 1. The summed E-state index contributed by atoms with van der Waals surface area (Å²) in [6.07, 6.45) is 0. The summed E-state index contributed by atoms with van der Waals surface area (Å²) in [5, 5.41) is 16.7. The average Bonchev–Trinajstić information content (AvgIpc) is 2.86. The van der Waals surface area contributed by atoms with Crippen LogP contribution in [0.1, 0.15) is 35.8 Å². The van der Waals surface area contributed by atoms with Gasteiger partial charge in [0.1, 0.15) is 0 Å². The van der Waals surface area contributed by atoms with Crippen LogP contribution in [0, 0.1) is 15.9 Å². The van der Waals surface area contributed by atoms with Crippen molar-refractivity contribution < 1.29 is 18.6 Å². The fourth-order valence-corrected chi connectivity index (χ4v) is 1.60. The summed E-state index contributed by atoms with van der Waals surface area (Å²) >= 11 is 0. The Labute approximate surface area is 118 Å². The van der Waals surface area contributed by atoms with E-state index in [9.17, 15) is 19.3 Å². The van der Waals surface area contributed by atoms with Gasteiger partial charge in [-0.3, -0.25) is 20.2 Å². The van der Waals surface area contributed by atoms with Crippen molar-refractivity contribution in [2.75, 3.05) is 5.32 Å². The number of nitrogens with zero attached hydrogens (tertiary/aromatic N) is 2. The van der Waals surface area contributed by atoms with Crippen LogP contribution in [-0.2, 0) is 0 Å². The number of nitrogens with one attached hydrogen (secondary N) is 1. The van der Waals surface area contributed by atoms with E-state index in [4.69, 9.17) is 4.52 Å². The van der Waals surface area contributed by atoms with E-state index in [1.807, 2.05) is 13.8 Å². The molecule has 1 aromatic heterocycles. The van der Waals surface area contributed by atoms with Crippen LogP contribution in [0.15, 0.2) is 28.8 Å². The van der Waals surface area contributed by atoms with Gasteiger partial charge < -0.3 is 4.52 Å². The summed E-state index contributed by atoms with van der Waals surface area (Å²) in [4.78, 5) is 21.5. The molecule has 7 nitrogen and oxygen atoms in total. The highest BCUT2D eigenvalue weighted by Gasteiger charge is 2.18. The number of nitro groups is 1. The van der Waals surface area contributed by atoms with E-state index in [-0.39, 0.29) is 17.4 Å². The van der Waals surface area contributed by atoms with Crippen molar-refractivity contribution in [2.45, 2.75) is 19.8 Å². The lowest BCUT2D eigenvalue weighted by Gasteiger charge is -2.01. The number of carbonyl (C=O) groups is 1. The summed E-state index contributed by atoms with van der Waals surface area (Å²) in [7, 11) is 0. The highest BCUT2D eigenvalue weighted by Crippen LogP contribution is 2.20. The van der Waals surface area contributed by atoms with Crippen LogP contribution < -0.4 is 5.32 Å². The molecule has 2 rings (SSSR count). The van der Waals surface area contributed by atoms with Crippen LogP contribution in [-0.4, -0.2) is 16.0 Å². The lowest BCUT2D eigenvalue weighted by atomic mass is 10.1. The van der Waals surface area contributed by atoms with Crippen LogP contribution in [0.5, 0.6) is 0 Å². The summed E-state index contributed by atoms with van der Waals surface area (Å²) in [6.45, 7) is 3.82. The van der Waals surface area contributed by atoms with Gasteiger partial charge in [-0.2, -0.15) is 4.39 Å². The summed E-state index contributed by atoms with van der Waals surface area (Å²) in [5.74, 6) is -1.46. The molecule has 0 unspecified atom stereocenters. The van der Waals surface area contributed by atoms with E-state index in [1.54, 1.807) is 6.07 Å². The Morgan fingerprint density at radius 3 is 2.67 bits per heavy atom. The number of anilines is 1. The van der Waals surface area contributed by atoms with Crippen LogP contribution in [0.25, 0.3) is 0 Å². The molecule has 1 N–H and O–H groups in total. The van der Waals surface area contributed by atoms with E-state index >= 15 is 0 Å². The number of nitro benzene ring substituents is 1. The van der Waals surface area contributed by atoms with Crippen molar-refractivity contribution in [1.29, 1.82) is 0 Å². The van der Waals surface area contributed by atoms with Gasteiger partial charge in [-0.15, -0.1) is 0 Å². The number of hydrogen-bond acceptors (Lipinski definition) is 5. The number of halogens is 1. The van der Waals surface area contributed by atoms with Crippen LogP contribution in [0.2, 0.25) is 0 Å². The Morgan fingerprint density at radius 1 is 1.43 bits per heavy atom. The van der Waals surface area contributed by atoms with Crippen LogP contribution in [0.4, 0.5) is 16.0 Å². The predicted octanol–water partition coefficient (Wildman–Crippen LogP) is 3.10. The van der Waals surface area contributed by atoms with E-state index in [1.165, 1.54) is 0 Å². The molecule has 0 fully saturated rings. The van der Waals surface area contributed by atoms with Gasteiger partial charge in [0.05, 0.1) is 10.6 Å². The summed E-state index contributed by atoms with van der Waals surface area (Å²) < 4.78 is 18.4. The predicted molar refractivity (Wildman–Crippen MR) is 71.6 cm³/mol. The minimum absolute atomic E-state index is 0.0550. The molecule has 0 spiro atoms. The molecular formula is C13H12FN3O4. The fourth-order valence-electron chi connectivity index (χ4n) is 1.60. The molecule has 0 aliphatic rings. The average molecular weight is 293 g/mol. The first kappa shape index (κ1) is 14.6. The lowest BCUT2D eigenvalue weighted by molar-refractivity contribution is -0.387. The Morgan fingerprint density at radius 2 is 2.14 bits per heavy atom. The monoisotopic (exact) mass is 293 g/mol. The van der Waals surface area contributed by atoms with Gasteiger partial charge in [0.15, 0.2) is 0 Å². The third-order valence-corrected chi connectivity index (χ3v) is 2.76. The minimum Gasteiger partial charge on any atom is -0.338 e. The maximum atomic E-state index is 13.5. The number of aromatic nitrogens is 1. The smallest absolute Gasteiger partial charge is 0.304 e. The lowest BCUT2D eigenvalue weighted by Crippen LogP contribution is -2.12. The molecule has 8 heteroatoms. The van der Waals surface area contributed by atoms with E-state index in [2.05, 4.69) is 10.5 Å². The first-order chi connectivity index (χ1) is 9.88. The van der Waals surface area contributed by atoms with Gasteiger partial charge in [-0.05, 0) is 18.1 Å². The van der Waals surface area contributed by atoms with Gasteiger partial charge in [-0.25, -0.2) is 0 Å². The fraction of sp³-hybridized carbons (Fsp3) is 0.231. The number of hydrogen-bond donors (Lipinski definition) is 1. The zero-order chi connectivity index (χ0) is 15.6. The topological polar surface area (TPSA) is 98.3 Å². The second-order valence-corrected chi connectivity index (χ2v) is 4.65. The van der Waals surface area contributed by atoms with Crippen molar-refractivity contribution >= 4 is 17.5 Å². The molecule has 0 aliphatic heterocycles. The molecule has 2 aromatic rings. The van der Waals surface area contributed by atoms with Crippen molar-refractivity contribution in [3.8, 4) is 0 Å². The summed E-state index contributed by atoms with van der Waals surface area (Å²) in [5.41, 5.74) is -0.0749. The molecule has 0 radical (unpaired) electrons. The van der Waals surface area contributed by atoms with Crippen molar-refractivity contribution in [3.63, 3.8) is 0 Å². The highest BCUT2D eigenvalue weighted by atomic mass is 19.1. The Hall–Kier alpha value is -2.77. The maximum Gasteiger partial charge on any atom is 0.304 e. The Balaban J connectivity index is 2.16. The zero-order valence-electron chi connectivity index (χ0n) is 11.3. The van der Waals surface area contributed by atoms with E-state index < -0.39 is 22.3 Å². The molecule has 0 saturated heterocycles. The highest BCUT2D eigenvalue weighted by molar-refractivity contribution is 6.03. The number of amides is 1. The first-order valence-electron chi connectivity index (χ1n) is 6.10. The number of carbonyl (C=O) groups excluding carboxylic acids is 1. The second kappa shape index (κ2) is 5.70. The molecule has 0 atom stereocenters. The molecule has 1 heterocycles. The molecule has 0 saturated carbocycles. The number of rotatable bonds is 4. The van der Waals surface area contributed by atoms with Gasteiger partial charge in [-0.1, -0.05) is 19.0 Å². The quantitative estimate of drug-likeness (QED) is 0.689. The van der Waals surface area contributed by atoms with Gasteiger partial charge in [0, 0.05) is 17.7 Å². The maximum absolute atomic E-state index is 13.5. The van der Waals surface area contributed by atoms with Crippen LogP contribution >= 0.6 is 0 Å².